The van der Waals surface area contributed by atoms with Gasteiger partial charge in [-0.2, -0.15) is 0 Å². The molecule has 0 radical (unpaired) electrons. The molecule has 0 bridgehead atoms. The van der Waals surface area contributed by atoms with Gasteiger partial charge in [0.2, 0.25) is 0 Å². The maximum absolute atomic E-state index is 5.52. The summed E-state index contributed by atoms with van der Waals surface area (Å²) in [5, 5.41) is 3.37. The highest BCUT2D eigenvalue weighted by Crippen LogP contribution is 2.26. The summed E-state index contributed by atoms with van der Waals surface area (Å²) >= 11 is 0. The Bertz CT molecular complexity index is 484. The van der Waals surface area contributed by atoms with Crippen LogP contribution in [0.25, 0.3) is 0 Å². The number of hydrogen-bond donors (Lipinski definition) is 1. The Morgan fingerprint density at radius 3 is 2.33 bits per heavy atom. The van der Waals surface area contributed by atoms with Crippen LogP contribution in [-0.4, -0.2) is 7.05 Å². The van der Waals surface area contributed by atoms with Gasteiger partial charge in [0.1, 0.15) is 5.76 Å². The van der Waals surface area contributed by atoms with Crippen molar-refractivity contribution in [2.24, 2.45) is 0 Å². The van der Waals surface area contributed by atoms with E-state index in [9.17, 15) is 0 Å². The first-order chi connectivity index (χ1) is 8.80. The van der Waals surface area contributed by atoms with Gasteiger partial charge in [0, 0.05) is 12.0 Å². The largest absolute Gasteiger partial charge is 0.469 e. The lowest BCUT2D eigenvalue weighted by Crippen LogP contribution is -2.18. The molecule has 0 amide bonds. The molecule has 2 rings (SSSR count). The standard InChI is InChI=1S/C16H21NO/c1-4-12-6-8-13(9-7-12)16(17-3)14-10-11-18-15(14)5-2/h6-11,16-17H,4-5H2,1-3H3. The molecular weight excluding hydrogens is 222 g/mol. The summed E-state index contributed by atoms with van der Waals surface area (Å²) in [5.41, 5.74) is 3.89. The monoisotopic (exact) mass is 243 g/mol. The van der Waals surface area contributed by atoms with E-state index in [4.69, 9.17) is 4.42 Å². The molecule has 2 nitrogen and oxygen atoms in total. The third-order valence-corrected chi connectivity index (χ3v) is 3.42. The quantitative estimate of drug-likeness (QED) is 0.866. The van der Waals surface area contributed by atoms with Gasteiger partial charge in [-0.15, -0.1) is 0 Å². The van der Waals surface area contributed by atoms with Gasteiger partial charge in [0.25, 0.3) is 0 Å². The van der Waals surface area contributed by atoms with E-state index in [1.54, 1.807) is 6.26 Å². The number of aryl methyl sites for hydroxylation is 2. The zero-order valence-corrected chi connectivity index (χ0v) is 11.4. The number of rotatable bonds is 5. The third-order valence-electron chi connectivity index (χ3n) is 3.42. The Kier molecular flexibility index (Phi) is 4.21. The van der Waals surface area contributed by atoms with Crippen molar-refractivity contribution in [1.29, 1.82) is 0 Å². The highest BCUT2D eigenvalue weighted by atomic mass is 16.3. The summed E-state index contributed by atoms with van der Waals surface area (Å²) in [6, 6.07) is 11.1. The van der Waals surface area contributed by atoms with E-state index in [2.05, 4.69) is 49.5 Å². The molecule has 1 aromatic carbocycles. The van der Waals surface area contributed by atoms with Crippen LogP contribution in [-0.2, 0) is 12.8 Å². The third kappa shape index (κ3) is 2.49. The Morgan fingerprint density at radius 2 is 1.78 bits per heavy atom. The van der Waals surface area contributed by atoms with Gasteiger partial charge in [-0.3, -0.25) is 0 Å². The maximum atomic E-state index is 5.52. The molecule has 0 aliphatic heterocycles. The van der Waals surface area contributed by atoms with Crippen molar-refractivity contribution < 1.29 is 4.42 Å². The summed E-state index contributed by atoms with van der Waals surface area (Å²) in [6.07, 6.45) is 3.78. The van der Waals surface area contributed by atoms with Crippen LogP contribution in [0.2, 0.25) is 0 Å². The summed E-state index contributed by atoms with van der Waals surface area (Å²) in [7, 11) is 1.99. The molecule has 0 saturated carbocycles. The lowest BCUT2D eigenvalue weighted by molar-refractivity contribution is 0.505. The summed E-state index contributed by atoms with van der Waals surface area (Å²) in [4.78, 5) is 0. The van der Waals surface area contributed by atoms with Crippen molar-refractivity contribution in [3.8, 4) is 0 Å². The molecule has 0 spiro atoms. The minimum Gasteiger partial charge on any atom is -0.469 e. The molecule has 1 heterocycles. The van der Waals surface area contributed by atoms with E-state index in [0.717, 1.165) is 18.6 Å². The Morgan fingerprint density at radius 1 is 1.06 bits per heavy atom. The second-order valence-corrected chi connectivity index (χ2v) is 4.47. The van der Waals surface area contributed by atoms with Gasteiger partial charge in [0.05, 0.1) is 12.3 Å². The van der Waals surface area contributed by atoms with Gasteiger partial charge in [-0.05, 0) is 30.7 Å². The van der Waals surface area contributed by atoms with Crippen molar-refractivity contribution in [2.75, 3.05) is 7.05 Å². The minimum absolute atomic E-state index is 0.213. The van der Waals surface area contributed by atoms with Crippen LogP contribution in [0.4, 0.5) is 0 Å². The lowest BCUT2D eigenvalue weighted by atomic mass is 9.97. The average molecular weight is 243 g/mol. The highest BCUT2D eigenvalue weighted by molar-refractivity contribution is 5.34. The van der Waals surface area contributed by atoms with Gasteiger partial charge in [-0.1, -0.05) is 38.1 Å². The highest BCUT2D eigenvalue weighted by Gasteiger charge is 2.17. The van der Waals surface area contributed by atoms with Crippen LogP contribution in [0.1, 0.15) is 42.3 Å². The van der Waals surface area contributed by atoms with E-state index in [0.29, 0.717) is 0 Å². The first-order valence-electron chi connectivity index (χ1n) is 6.62. The molecule has 0 fully saturated rings. The number of benzene rings is 1. The molecule has 2 aromatic rings. The minimum atomic E-state index is 0.213. The topological polar surface area (TPSA) is 25.2 Å². The average Bonchev–Trinajstić information content (AvgIpc) is 2.89. The summed E-state index contributed by atoms with van der Waals surface area (Å²) < 4.78 is 5.52. The van der Waals surface area contributed by atoms with E-state index >= 15 is 0 Å². The van der Waals surface area contributed by atoms with Crippen LogP contribution >= 0.6 is 0 Å². The van der Waals surface area contributed by atoms with E-state index in [1.165, 1.54) is 16.7 Å². The van der Waals surface area contributed by atoms with Crippen LogP contribution in [0, 0.1) is 0 Å². The molecular formula is C16H21NO. The van der Waals surface area contributed by atoms with Crippen molar-refractivity contribution in [3.63, 3.8) is 0 Å². The fraction of sp³-hybridized carbons (Fsp3) is 0.375. The number of nitrogens with one attached hydrogen (secondary N) is 1. The molecule has 2 heteroatoms. The SMILES string of the molecule is CCc1ccc(C(NC)c2ccoc2CC)cc1. The van der Waals surface area contributed by atoms with E-state index in [-0.39, 0.29) is 6.04 Å². The number of hydrogen-bond acceptors (Lipinski definition) is 2. The molecule has 1 atom stereocenters. The van der Waals surface area contributed by atoms with Gasteiger partial charge in [-0.25, -0.2) is 0 Å². The van der Waals surface area contributed by atoms with E-state index in [1.807, 2.05) is 7.05 Å². The van der Waals surface area contributed by atoms with Crippen molar-refractivity contribution in [1.82, 2.24) is 5.32 Å². The fourth-order valence-corrected chi connectivity index (χ4v) is 2.34. The van der Waals surface area contributed by atoms with Crippen LogP contribution in [0.5, 0.6) is 0 Å². The van der Waals surface area contributed by atoms with Crippen molar-refractivity contribution in [3.05, 3.63) is 59.0 Å². The summed E-state index contributed by atoms with van der Waals surface area (Å²) in [5.74, 6) is 1.06. The lowest BCUT2D eigenvalue weighted by Gasteiger charge is -2.17. The van der Waals surface area contributed by atoms with Gasteiger partial charge in [0.15, 0.2) is 0 Å². The molecule has 0 aliphatic rings. The second kappa shape index (κ2) is 5.87. The van der Waals surface area contributed by atoms with Crippen molar-refractivity contribution >= 4 is 0 Å². The molecule has 18 heavy (non-hydrogen) atoms. The molecule has 0 saturated heterocycles. The zero-order chi connectivity index (χ0) is 13.0. The Hall–Kier alpha value is -1.54. The first-order valence-corrected chi connectivity index (χ1v) is 6.62. The van der Waals surface area contributed by atoms with E-state index < -0.39 is 0 Å². The predicted octanol–water partition coefficient (Wildman–Crippen LogP) is 3.71. The second-order valence-electron chi connectivity index (χ2n) is 4.47. The Labute approximate surface area is 109 Å². The maximum Gasteiger partial charge on any atom is 0.108 e. The fourth-order valence-electron chi connectivity index (χ4n) is 2.34. The normalized spacial score (nSPS) is 12.6. The molecule has 96 valence electrons. The molecule has 0 aliphatic carbocycles. The van der Waals surface area contributed by atoms with Crippen LogP contribution in [0.15, 0.2) is 41.0 Å². The van der Waals surface area contributed by atoms with Gasteiger partial charge < -0.3 is 9.73 Å². The van der Waals surface area contributed by atoms with Crippen LogP contribution < -0.4 is 5.32 Å². The van der Waals surface area contributed by atoms with Crippen LogP contribution in [0.3, 0.4) is 0 Å². The Balaban J connectivity index is 2.32. The molecule has 1 N–H and O–H groups in total. The predicted molar refractivity (Wildman–Crippen MR) is 74.8 cm³/mol. The first kappa shape index (κ1) is 12.9. The van der Waals surface area contributed by atoms with Crippen molar-refractivity contribution in [2.45, 2.75) is 32.7 Å². The smallest absolute Gasteiger partial charge is 0.108 e. The molecule has 1 unspecified atom stereocenters. The summed E-state index contributed by atoms with van der Waals surface area (Å²) in [6.45, 7) is 4.30. The number of furan rings is 1. The zero-order valence-electron chi connectivity index (χ0n) is 11.4. The molecule has 1 aromatic heterocycles. The van der Waals surface area contributed by atoms with Gasteiger partial charge >= 0.3 is 0 Å².